The molecule has 0 spiro atoms. The predicted molar refractivity (Wildman–Crippen MR) is 107 cm³/mol. The number of benzene rings is 2. The molecular weight excluding hydrogens is 338 g/mol. The fourth-order valence-corrected chi connectivity index (χ4v) is 2.85. The fraction of sp³-hybridized carbons (Fsp3) is 0.391. The van der Waals surface area contributed by atoms with Gasteiger partial charge in [-0.05, 0) is 33.6 Å². The van der Waals surface area contributed by atoms with Gasteiger partial charge in [0.25, 0.3) is 0 Å². The summed E-state index contributed by atoms with van der Waals surface area (Å²) in [5.74, 6) is -0.285. The first-order chi connectivity index (χ1) is 12.9. The van der Waals surface area contributed by atoms with Gasteiger partial charge in [0.1, 0.15) is 11.6 Å². The lowest BCUT2D eigenvalue weighted by Gasteiger charge is -2.23. The summed E-state index contributed by atoms with van der Waals surface area (Å²) in [5.41, 5.74) is 2.24. The molecule has 4 heteroatoms. The molecule has 0 aromatic heterocycles. The maximum atomic E-state index is 12.8. The Morgan fingerprint density at radius 1 is 1.07 bits per heavy atom. The third-order valence-electron chi connectivity index (χ3n) is 4.22. The number of hydrogen-bond donors (Lipinski definition) is 0. The highest BCUT2D eigenvalue weighted by Gasteiger charge is 2.29. The first-order valence-electron chi connectivity index (χ1n) is 9.45. The third-order valence-corrected chi connectivity index (χ3v) is 4.22. The monoisotopic (exact) mass is 365 g/mol. The van der Waals surface area contributed by atoms with E-state index in [0.717, 1.165) is 29.9 Å². The molecule has 0 amide bonds. The van der Waals surface area contributed by atoms with Crippen LogP contribution >= 0.6 is 0 Å². The molecule has 2 aromatic carbocycles. The number of rotatable bonds is 7. The summed E-state index contributed by atoms with van der Waals surface area (Å²) in [6.07, 6.45) is 1.68. The summed E-state index contributed by atoms with van der Waals surface area (Å²) in [7, 11) is 0. The lowest BCUT2D eigenvalue weighted by atomic mass is 10.0. The van der Waals surface area contributed by atoms with Crippen LogP contribution in [0.2, 0.25) is 0 Å². The van der Waals surface area contributed by atoms with Gasteiger partial charge in [-0.2, -0.15) is 0 Å². The Kier molecular flexibility index (Phi) is 6.07. The number of aliphatic imine (C=N–C) groups is 1. The van der Waals surface area contributed by atoms with E-state index in [9.17, 15) is 4.79 Å². The van der Waals surface area contributed by atoms with Crippen LogP contribution in [0.5, 0.6) is 0 Å². The molecule has 142 valence electrons. The van der Waals surface area contributed by atoms with Gasteiger partial charge >= 0.3 is 5.97 Å². The maximum Gasteiger partial charge on any atom is 0.331 e. The number of ether oxygens (including phenoxy) is 2. The van der Waals surface area contributed by atoms with E-state index in [4.69, 9.17) is 14.5 Å². The molecule has 2 atom stereocenters. The van der Waals surface area contributed by atoms with Crippen LogP contribution in [0.25, 0.3) is 0 Å². The van der Waals surface area contributed by atoms with E-state index in [1.54, 1.807) is 0 Å². The molecule has 1 saturated heterocycles. The van der Waals surface area contributed by atoms with E-state index < -0.39 is 11.6 Å². The van der Waals surface area contributed by atoms with Crippen molar-refractivity contribution in [3.8, 4) is 0 Å². The maximum absolute atomic E-state index is 12.8. The SMILES string of the molecule is CC(C)(C)OC(=O)[C@H](CC[C@H]1CO1)N=C(c1ccccc1)c1ccccc1. The second-order valence-electron chi connectivity index (χ2n) is 7.79. The quantitative estimate of drug-likeness (QED) is 0.415. The second kappa shape index (κ2) is 8.49. The number of esters is 1. The zero-order valence-corrected chi connectivity index (χ0v) is 16.2. The number of carbonyl (C=O) groups is 1. The molecule has 0 radical (unpaired) electrons. The summed E-state index contributed by atoms with van der Waals surface area (Å²) in [4.78, 5) is 17.7. The molecular formula is C23H27NO3. The van der Waals surface area contributed by atoms with Crippen LogP contribution in [0.3, 0.4) is 0 Å². The van der Waals surface area contributed by atoms with E-state index >= 15 is 0 Å². The van der Waals surface area contributed by atoms with Gasteiger partial charge in [-0.15, -0.1) is 0 Å². The molecule has 4 nitrogen and oxygen atoms in total. The van der Waals surface area contributed by atoms with Gasteiger partial charge in [-0.25, -0.2) is 4.79 Å². The largest absolute Gasteiger partial charge is 0.458 e. The Hall–Kier alpha value is -2.46. The molecule has 2 aromatic rings. The molecule has 1 heterocycles. The van der Waals surface area contributed by atoms with Crippen LogP contribution in [0, 0.1) is 0 Å². The highest BCUT2D eigenvalue weighted by molar-refractivity contribution is 6.13. The van der Waals surface area contributed by atoms with Gasteiger partial charge < -0.3 is 9.47 Å². The van der Waals surface area contributed by atoms with E-state index in [1.165, 1.54) is 0 Å². The van der Waals surface area contributed by atoms with Gasteiger partial charge in [-0.1, -0.05) is 60.7 Å². The summed E-state index contributed by atoms with van der Waals surface area (Å²) in [5, 5.41) is 0. The molecule has 1 aliphatic heterocycles. The topological polar surface area (TPSA) is 51.2 Å². The number of carbonyl (C=O) groups excluding carboxylic acids is 1. The summed E-state index contributed by atoms with van der Waals surface area (Å²) in [6.45, 7) is 6.41. The van der Waals surface area contributed by atoms with E-state index in [1.807, 2.05) is 81.4 Å². The molecule has 1 aliphatic rings. The molecule has 0 unspecified atom stereocenters. The minimum atomic E-state index is -0.552. The molecule has 3 rings (SSSR count). The highest BCUT2D eigenvalue weighted by atomic mass is 16.6. The van der Waals surface area contributed by atoms with Crippen molar-refractivity contribution in [2.75, 3.05) is 6.61 Å². The normalized spacial score (nSPS) is 17.1. The average Bonchev–Trinajstić information content (AvgIpc) is 3.46. The van der Waals surface area contributed by atoms with Gasteiger partial charge in [0.15, 0.2) is 0 Å². The zero-order valence-electron chi connectivity index (χ0n) is 16.2. The highest BCUT2D eigenvalue weighted by Crippen LogP contribution is 2.22. The van der Waals surface area contributed by atoms with E-state index in [2.05, 4.69) is 0 Å². The van der Waals surface area contributed by atoms with Crippen molar-refractivity contribution in [1.29, 1.82) is 0 Å². The van der Waals surface area contributed by atoms with Crippen LogP contribution in [-0.2, 0) is 14.3 Å². The number of hydrogen-bond acceptors (Lipinski definition) is 4. The molecule has 27 heavy (non-hydrogen) atoms. The number of epoxide rings is 1. The van der Waals surface area contributed by atoms with Crippen molar-refractivity contribution >= 4 is 11.7 Å². The lowest BCUT2D eigenvalue weighted by Crippen LogP contribution is -2.32. The average molecular weight is 365 g/mol. The van der Waals surface area contributed by atoms with E-state index in [0.29, 0.717) is 6.42 Å². The van der Waals surface area contributed by atoms with E-state index in [-0.39, 0.29) is 12.1 Å². The Labute approximate surface area is 161 Å². The van der Waals surface area contributed by atoms with Crippen LogP contribution in [-0.4, -0.2) is 36.0 Å². The minimum absolute atomic E-state index is 0.252. The van der Waals surface area contributed by atoms with Crippen molar-refractivity contribution in [2.45, 2.75) is 51.4 Å². The zero-order chi connectivity index (χ0) is 19.3. The first kappa shape index (κ1) is 19.3. The van der Waals surface area contributed by atoms with Gasteiger partial charge in [0.05, 0.1) is 18.4 Å². The molecule has 0 saturated carbocycles. The Bertz CT molecular complexity index is 733. The van der Waals surface area contributed by atoms with Crippen molar-refractivity contribution in [2.24, 2.45) is 4.99 Å². The number of nitrogens with zero attached hydrogens (tertiary/aromatic N) is 1. The van der Waals surface area contributed by atoms with Gasteiger partial charge in [0, 0.05) is 11.1 Å². The summed E-state index contributed by atoms with van der Waals surface area (Å²) >= 11 is 0. The van der Waals surface area contributed by atoms with Crippen LogP contribution in [0.15, 0.2) is 65.7 Å². The van der Waals surface area contributed by atoms with Crippen molar-refractivity contribution in [3.05, 3.63) is 71.8 Å². The molecule has 0 bridgehead atoms. The molecule has 0 aliphatic carbocycles. The Morgan fingerprint density at radius 2 is 1.59 bits per heavy atom. The Balaban J connectivity index is 1.94. The fourth-order valence-electron chi connectivity index (χ4n) is 2.85. The summed E-state index contributed by atoms with van der Waals surface area (Å²) < 4.78 is 11.0. The summed E-state index contributed by atoms with van der Waals surface area (Å²) in [6, 6.07) is 19.4. The van der Waals surface area contributed by atoms with Crippen LogP contribution < -0.4 is 0 Å². The molecule has 1 fully saturated rings. The minimum Gasteiger partial charge on any atom is -0.458 e. The van der Waals surface area contributed by atoms with Gasteiger partial charge in [0.2, 0.25) is 0 Å². The third kappa shape index (κ3) is 6.04. The lowest BCUT2D eigenvalue weighted by molar-refractivity contribution is -0.156. The van der Waals surface area contributed by atoms with Crippen molar-refractivity contribution in [3.63, 3.8) is 0 Å². The van der Waals surface area contributed by atoms with Gasteiger partial charge in [-0.3, -0.25) is 4.99 Å². The predicted octanol–water partition coefficient (Wildman–Crippen LogP) is 4.41. The Morgan fingerprint density at radius 3 is 2.04 bits per heavy atom. The van der Waals surface area contributed by atoms with Crippen molar-refractivity contribution in [1.82, 2.24) is 0 Å². The smallest absolute Gasteiger partial charge is 0.331 e. The first-order valence-corrected chi connectivity index (χ1v) is 9.45. The second-order valence-corrected chi connectivity index (χ2v) is 7.79. The standard InChI is InChI=1S/C23H27NO3/c1-23(2,3)27-22(25)20(15-14-19-16-26-19)24-21(17-10-6-4-7-11-17)18-12-8-5-9-13-18/h4-13,19-20H,14-16H2,1-3H3/t19-,20-/m0/s1. The van der Waals surface area contributed by atoms with Crippen LogP contribution in [0.1, 0.15) is 44.7 Å². The molecule has 0 N–H and O–H groups in total. The van der Waals surface area contributed by atoms with Crippen molar-refractivity contribution < 1.29 is 14.3 Å². The van der Waals surface area contributed by atoms with Crippen LogP contribution in [0.4, 0.5) is 0 Å².